The summed E-state index contributed by atoms with van der Waals surface area (Å²) in [5, 5.41) is 14.5. The molecule has 4 nitrogen and oxygen atoms in total. The molecule has 1 aromatic heterocycles. The monoisotopic (exact) mass is 413 g/mol. The smallest absolute Gasteiger partial charge is 0.173 e. The maximum Gasteiger partial charge on any atom is 0.173 e. The van der Waals surface area contributed by atoms with E-state index >= 15 is 0 Å². The molecule has 1 N–H and O–H groups in total. The molecule has 1 heterocycles. The first-order chi connectivity index (χ1) is 12.6. The topological polar surface area (TPSA) is 63.3 Å². The Hall–Kier alpha value is -2.24. The van der Waals surface area contributed by atoms with Crippen LogP contribution in [-0.2, 0) is 11.2 Å². The van der Waals surface area contributed by atoms with Gasteiger partial charge >= 0.3 is 0 Å². The number of benzene rings is 2. The van der Waals surface area contributed by atoms with Crippen LogP contribution in [0.2, 0.25) is 0 Å². The van der Waals surface area contributed by atoms with E-state index in [1.54, 1.807) is 6.92 Å². The van der Waals surface area contributed by atoms with Crippen LogP contribution in [-0.4, -0.2) is 16.0 Å². The Morgan fingerprint density at radius 3 is 2.54 bits per heavy atom. The first-order valence-corrected chi connectivity index (χ1v) is 9.32. The summed E-state index contributed by atoms with van der Waals surface area (Å²) in [5.74, 6) is 0.226. The van der Waals surface area contributed by atoms with E-state index in [1.165, 1.54) is 5.56 Å². The van der Waals surface area contributed by atoms with Crippen molar-refractivity contribution in [3.05, 3.63) is 75.9 Å². The maximum absolute atomic E-state index is 12.5. The lowest BCUT2D eigenvalue weighted by molar-refractivity contribution is -0.127. The van der Waals surface area contributed by atoms with Crippen LogP contribution >= 0.6 is 15.9 Å². The summed E-state index contributed by atoms with van der Waals surface area (Å²) in [5.41, 5.74) is 2.95. The molecule has 0 amide bonds. The number of ketones is 1. The lowest BCUT2D eigenvalue weighted by atomic mass is 9.96. The van der Waals surface area contributed by atoms with E-state index in [1.807, 2.05) is 54.6 Å². The van der Waals surface area contributed by atoms with E-state index in [2.05, 4.69) is 21.1 Å². The van der Waals surface area contributed by atoms with Gasteiger partial charge in [0.2, 0.25) is 0 Å². The minimum Gasteiger partial charge on any atom is -0.380 e. The van der Waals surface area contributed by atoms with Crippen molar-refractivity contribution < 1.29 is 14.4 Å². The van der Waals surface area contributed by atoms with Crippen molar-refractivity contribution in [2.24, 2.45) is 0 Å². The molecule has 0 aliphatic heterocycles. The van der Waals surface area contributed by atoms with Crippen LogP contribution in [0.5, 0.6) is 0 Å². The molecule has 0 aliphatic rings. The Bertz CT molecular complexity index is 872. The molecular weight excluding hydrogens is 394 g/mol. The minimum atomic E-state index is -1.23. The number of hydrogen-bond acceptors (Lipinski definition) is 4. The summed E-state index contributed by atoms with van der Waals surface area (Å²) in [7, 11) is 0. The van der Waals surface area contributed by atoms with Crippen molar-refractivity contribution >= 4 is 21.7 Å². The minimum absolute atomic E-state index is 0.217. The van der Waals surface area contributed by atoms with Gasteiger partial charge in [-0.2, -0.15) is 0 Å². The number of aromatic nitrogens is 1. The van der Waals surface area contributed by atoms with Crippen molar-refractivity contribution in [3.8, 4) is 11.3 Å². The molecule has 0 spiro atoms. The van der Waals surface area contributed by atoms with Crippen LogP contribution in [0.3, 0.4) is 0 Å². The summed E-state index contributed by atoms with van der Waals surface area (Å²) in [6.45, 7) is 1.74. The number of carbonyl (C=O) groups is 1. The van der Waals surface area contributed by atoms with E-state index in [9.17, 15) is 9.90 Å². The summed E-state index contributed by atoms with van der Waals surface area (Å²) in [6.07, 6.45) is 0.579. The molecule has 0 radical (unpaired) electrons. The number of aliphatic hydroxyl groups is 1. The molecule has 1 unspecified atom stereocenters. The molecule has 0 aliphatic carbocycles. The van der Waals surface area contributed by atoms with Crippen molar-refractivity contribution in [1.82, 2.24) is 5.16 Å². The van der Waals surface area contributed by atoms with E-state index in [-0.39, 0.29) is 5.78 Å². The number of aryl methyl sites for hydroxylation is 2. The van der Waals surface area contributed by atoms with E-state index in [0.717, 1.165) is 16.5 Å². The van der Waals surface area contributed by atoms with Crippen LogP contribution < -0.4 is 0 Å². The summed E-state index contributed by atoms with van der Waals surface area (Å²) in [4.78, 5) is 12.5. The fraction of sp³-hybridized carbons (Fsp3) is 0.238. The third-order valence-corrected chi connectivity index (χ3v) is 4.85. The highest BCUT2D eigenvalue weighted by atomic mass is 79.9. The third-order valence-electron chi connectivity index (χ3n) is 4.32. The highest BCUT2D eigenvalue weighted by Gasteiger charge is 2.27. The molecule has 0 saturated carbocycles. The molecule has 3 rings (SSSR count). The molecular formula is C21H20BrNO3. The van der Waals surface area contributed by atoms with Crippen molar-refractivity contribution in [2.45, 2.75) is 32.3 Å². The number of halogens is 1. The fourth-order valence-electron chi connectivity index (χ4n) is 2.92. The quantitative estimate of drug-likeness (QED) is 0.589. The van der Waals surface area contributed by atoms with Crippen molar-refractivity contribution in [2.75, 3.05) is 0 Å². The molecule has 1 atom stereocenters. The molecule has 134 valence electrons. The van der Waals surface area contributed by atoms with Gasteiger partial charge in [-0.05, 0) is 37.5 Å². The second-order valence-corrected chi connectivity index (χ2v) is 7.14. The standard InChI is InChI=1S/C21H20BrNO3/c1-14-19(21(26-23-14)16-10-12-17(22)13-11-16)20(25)18(24)9-5-8-15-6-3-2-4-7-15/h2-4,6-7,10-13,20,25H,5,8-9H2,1H3. The Morgan fingerprint density at radius 2 is 1.85 bits per heavy atom. The number of rotatable bonds is 7. The van der Waals surface area contributed by atoms with Gasteiger partial charge < -0.3 is 9.63 Å². The fourth-order valence-corrected chi connectivity index (χ4v) is 3.18. The lowest BCUT2D eigenvalue weighted by Crippen LogP contribution is -2.13. The molecule has 5 heteroatoms. The number of aliphatic hydroxyl groups excluding tert-OH is 1. The average molecular weight is 414 g/mol. The highest BCUT2D eigenvalue weighted by Crippen LogP contribution is 2.32. The molecule has 3 aromatic rings. The van der Waals surface area contributed by atoms with Crippen LogP contribution in [0.15, 0.2) is 63.6 Å². The molecule has 2 aromatic carbocycles. The van der Waals surface area contributed by atoms with Gasteiger partial charge in [-0.15, -0.1) is 0 Å². The number of carbonyl (C=O) groups excluding carboxylic acids is 1. The van der Waals surface area contributed by atoms with Crippen LogP contribution in [0.4, 0.5) is 0 Å². The first-order valence-electron chi connectivity index (χ1n) is 8.53. The zero-order chi connectivity index (χ0) is 18.5. The largest absolute Gasteiger partial charge is 0.380 e. The second kappa shape index (κ2) is 8.43. The zero-order valence-electron chi connectivity index (χ0n) is 14.5. The zero-order valence-corrected chi connectivity index (χ0v) is 16.1. The van der Waals surface area contributed by atoms with Gasteiger partial charge in [0.05, 0.1) is 11.3 Å². The normalized spacial score (nSPS) is 12.1. The van der Waals surface area contributed by atoms with Crippen molar-refractivity contribution in [1.29, 1.82) is 0 Å². The second-order valence-electron chi connectivity index (χ2n) is 6.23. The third kappa shape index (κ3) is 4.29. The molecule has 0 bridgehead atoms. The molecule has 0 fully saturated rings. The van der Waals surface area contributed by atoms with E-state index < -0.39 is 6.10 Å². The molecule has 26 heavy (non-hydrogen) atoms. The Morgan fingerprint density at radius 1 is 1.15 bits per heavy atom. The maximum atomic E-state index is 12.5. The van der Waals surface area contributed by atoms with Gasteiger partial charge in [-0.1, -0.05) is 63.6 Å². The lowest BCUT2D eigenvalue weighted by Gasteiger charge is -2.10. The van der Waals surface area contributed by atoms with Gasteiger partial charge in [0, 0.05) is 16.5 Å². The Balaban J connectivity index is 1.71. The van der Waals surface area contributed by atoms with E-state index in [0.29, 0.717) is 29.9 Å². The first kappa shape index (κ1) is 18.5. The van der Waals surface area contributed by atoms with Gasteiger partial charge in [0.25, 0.3) is 0 Å². The predicted molar refractivity (Wildman–Crippen MR) is 104 cm³/mol. The summed E-state index contributed by atoms with van der Waals surface area (Å²) >= 11 is 3.39. The Kier molecular flexibility index (Phi) is 6.01. The van der Waals surface area contributed by atoms with Crippen LogP contribution in [0.25, 0.3) is 11.3 Å². The van der Waals surface area contributed by atoms with Gasteiger partial charge in [-0.3, -0.25) is 4.79 Å². The van der Waals surface area contributed by atoms with Crippen LogP contribution in [0.1, 0.15) is 35.8 Å². The summed E-state index contributed by atoms with van der Waals surface area (Å²) < 4.78 is 6.33. The van der Waals surface area contributed by atoms with Crippen molar-refractivity contribution in [3.63, 3.8) is 0 Å². The summed E-state index contributed by atoms with van der Waals surface area (Å²) in [6, 6.07) is 17.5. The average Bonchev–Trinajstić information content (AvgIpc) is 3.04. The highest BCUT2D eigenvalue weighted by molar-refractivity contribution is 9.10. The predicted octanol–water partition coefficient (Wildman–Crippen LogP) is 5.04. The number of nitrogens with zero attached hydrogens (tertiary/aromatic N) is 1. The van der Waals surface area contributed by atoms with Gasteiger partial charge in [0.15, 0.2) is 11.5 Å². The van der Waals surface area contributed by atoms with E-state index in [4.69, 9.17) is 4.52 Å². The van der Waals surface area contributed by atoms with Gasteiger partial charge in [0.1, 0.15) is 6.10 Å². The van der Waals surface area contributed by atoms with Crippen LogP contribution in [0, 0.1) is 6.92 Å². The molecule has 0 saturated heterocycles. The number of hydrogen-bond donors (Lipinski definition) is 1. The number of Topliss-reactive ketones (excluding diaryl/α,β-unsaturated/α-hetero) is 1. The Labute approximate surface area is 161 Å². The SMILES string of the molecule is Cc1noc(-c2ccc(Br)cc2)c1C(O)C(=O)CCCc1ccccc1. The van der Waals surface area contributed by atoms with Gasteiger partial charge in [-0.25, -0.2) is 0 Å².